The quantitative estimate of drug-likeness (QED) is 0.161. The van der Waals surface area contributed by atoms with Crippen molar-refractivity contribution in [3.05, 3.63) is 238 Å². The summed E-state index contributed by atoms with van der Waals surface area (Å²) in [5.41, 5.74) is 18.3. The molecule has 0 saturated carbocycles. The van der Waals surface area contributed by atoms with E-state index in [0.29, 0.717) is 5.92 Å². The van der Waals surface area contributed by atoms with Gasteiger partial charge in [0.05, 0.1) is 11.1 Å². The maximum Gasteiger partial charge on any atom is 0.223 e. The number of anilines is 2. The zero-order valence-electron chi connectivity index (χ0n) is 35.3. The van der Waals surface area contributed by atoms with Crippen LogP contribution in [0.15, 0.2) is 198 Å². The average Bonchev–Trinajstić information content (AvgIpc) is 3.97. The van der Waals surface area contributed by atoms with E-state index >= 15 is 0 Å². The molecule has 0 saturated heterocycles. The van der Waals surface area contributed by atoms with Crippen molar-refractivity contribution in [3.8, 4) is 22.3 Å². The highest BCUT2D eigenvalue weighted by molar-refractivity contribution is 5.90. The van der Waals surface area contributed by atoms with Gasteiger partial charge in [0.1, 0.15) is 5.35 Å². The SMILES string of the molecule is CC1(C)C2=CC(N(c3ccc4c(c3)C(c3ccccc3)([C@H]3C=c5nc(C6=CC=CCC6)oc5=CC3)c3ccccc3-4)c3ccccc3-c3ccccc3)=CCC2c2ccccc21. The summed E-state index contributed by atoms with van der Waals surface area (Å²) in [5, 5.41) is 0.941. The van der Waals surface area contributed by atoms with E-state index in [4.69, 9.17) is 9.40 Å². The van der Waals surface area contributed by atoms with Gasteiger partial charge in [-0.05, 0) is 107 Å². The fourth-order valence-corrected chi connectivity index (χ4v) is 11.6. The van der Waals surface area contributed by atoms with Gasteiger partial charge < -0.3 is 9.32 Å². The number of benzene rings is 6. The summed E-state index contributed by atoms with van der Waals surface area (Å²) in [6, 6.07) is 56.5. The lowest BCUT2D eigenvalue weighted by Crippen LogP contribution is -2.39. The normalized spacial score (nSPS) is 21.2. The number of aromatic nitrogens is 1. The number of allylic oxidation sites excluding steroid dienone is 7. The largest absolute Gasteiger partial charge is 0.437 e. The Bertz CT molecular complexity index is 3180. The molecule has 12 rings (SSSR count). The molecular formula is C59H48N2O. The Balaban J connectivity index is 1.09. The molecule has 300 valence electrons. The van der Waals surface area contributed by atoms with Crippen LogP contribution < -0.4 is 15.7 Å². The fourth-order valence-electron chi connectivity index (χ4n) is 11.6. The molecule has 0 amide bonds. The summed E-state index contributed by atoms with van der Waals surface area (Å²) in [6.07, 6.45) is 19.9. The first-order valence-corrected chi connectivity index (χ1v) is 22.3. The van der Waals surface area contributed by atoms with Crippen LogP contribution in [0.25, 0.3) is 40.0 Å². The van der Waals surface area contributed by atoms with Crippen LogP contribution in [0, 0.1) is 5.92 Å². The molecule has 0 aliphatic heterocycles. The predicted octanol–water partition coefficient (Wildman–Crippen LogP) is 13.1. The van der Waals surface area contributed by atoms with Crippen LogP contribution in [0.5, 0.6) is 0 Å². The number of fused-ring (bicyclic) bond motifs is 7. The van der Waals surface area contributed by atoms with Crippen LogP contribution in [-0.4, -0.2) is 4.98 Å². The second-order valence-electron chi connectivity index (χ2n) is 18.0. The van der Waals surface area contributed by atoms with Crippen molar-refractivity contribution < 1.29 is 4.42 Å². The molecule has 0 spiro atoms. The van der Waals surface area contributed by atoms with E-state index in [-0.39, 0.29) is 11.3 Å². The molecule has 0 N–H and O–H groups in total. The van der Waals surface area contributed by atoms with E-state index in [1.165, 1.54) is 72.6 Å². The van der Waals surface area contributed by atoms with Gasteiger partial charge in [0.15, 0.2) is 5.42 Å². The second kappa shape index (κ2) is 14.3. The van der Waals surface area contributed by atoms with E-state index in [2.05, 4.69) is 213 Å². The monoisotopic (exact) mass is 800 g/mol. The van der Waals surface area contributed by atoms with Crippen LogP contribution in [0.4, 0.5) is 11.4 Å². The summed E-state index contributed by atoms with van der Waals surface area (Å²) in [6.45, 7) is 4.82. The molecule has 7 aromatic rings. The van der Waals surface area contributed by atoms with Gasteiger partial charge in [-0.3, -0.25) is 0 Å². The first kappa shape index (κ1) is 36.8. The maximum absolute atomic E-state index is 6.50. The Labute approximate surface area is 364 Å². The minimum Gasteiger partial charge on any atom is -0.437 e. The Morgan fingerprint density at radius 1 is 0.677 bits per heavy atom. The van der Waals surface area contributed by atoms with Gasteiger partial charge >= 0.3 is 0 Å². The van der Waals surface area contributed by atoms with Crippen molar-refractivity contribution in [1.29, 1.82) is 0 Å². The van der Waals surface area contributed by atoms with Gasteiger partial charge in [0.25, 0.3) is 0 Å². The molecule has 1 aromatic heterocycles. The Kier molecular flexibility index (Phi) is 8.51. The Hall–Kier alpha value is -6.97. The highest BCUT2D eigenvalue weighted by Crippen LogP contribution is 2.60. The molecule has 62 heavy (non-hydrogen) atoms. The van der Waals surface area contributed by atoms with E-state index in [9.17, 15) is 0 Å². The molecule has 0 radical (unpaired) electrons. The molecule has 1 heterocycles. The fraction of sp³-hybridized carbons (Fsp3) is 0.169. The first-order valence-electron chi connectivity index (χ1n) is 22.3. The lowest BCUT2D eigenvalue weighted by molar-refractivity contribution is 0.471. The van der Waals surface area contributed by atoms with Crippen molar-refractivity contribution in [3.63, 3.8) is 0 Å². The number of rotatable bonds is 7. The summed E-state index contributed by atoms with van der Waals surface area (Å²) in [4.78, 5) is 7.74. The van der Waals surface area contributed by atoms with Gasteiger partial charge in [-0.25, -0.2) is 4.98 Å². The van der Waals surface area contributed by atoms with Gasteiger partial charge in [0.2, 0.25) is 5.89 Å². The number of para-hydroxylation sites is 1. The summed E-state index contributed by atoms with van der Waals surface area (Å²) < 4.78 is 6.50. The zero-order valence-corrected chi connectivity index (χ0v) is 35.3. The van der Waals surface area contributed by atoms with E-state index in [1.807, 2.05) is 0 Å². The van der Waals surface area contributed by atoms with Gasteiger partial charge in [-0.15, -0.1) is 0 Å². The molecule has 0 bridgehead atoms. The Morgan fingerprint density at radius 2 is 1.40 bits per heavy atom. The van der Waals surface area contributed by atoms with Crippen molar-refractivity contribution in [2.45, 2.75) is 56.3 Å². The van der Waals surface area contributed by atoms with Crippen LogP contribution in [-0.2, 0) is 10.8 Å². The second-order valence-corrected chi connectivity index (χ2v) is 18.0. The van der Waals surface area contributed by atoms with Crippen LogP contribution in [0.3, 0.4) is 0 Å². The number of oxazole rings is 1. The molecule has 5 aliphatic rings. The van der Waals surface area contributed by atoms with Gasteiger partial charge in [-0.1, -0.05) is 177 Å². The van der Waals surface area contributed by atoms with Crippen molar-refractivity contribution in [2.75, 3.05) is 4.90 Å². The van der Waals surface area contributed by atoms with Gasteiger partial charge in [-0.2, -0.15) is 0 Å². The molecule has 3 atom stereocenters. The topological polar surface area (TPSA) is 29.3 Å². The third-order valence-corrected chi connectivity index (χ3v) is 14.5. The Morgan fingerprint density at radius 3 is 2.23 bits per heavy atom. The number of hydrogen-bond acceptors (Lipinski definition) is 3. The van der Waals surface area contributed by atoms with E-state index in [0.717, 1.165) is 48.0 Å². The molecule has 2 unspecified atom stereocenters. The third-order valence-electron chi connectivity index (χ3n) is 14.5. The molecule has 6 aromatic carbocycles. The molecule has 3 heteroatoms. The lowest BCUT2D eigenvalue weighted by Gasteiger charge is -2.40. The molecule has 5 aliphatic carbocycles. The summed E-state index contributed by atoms with van der Waals surface area (Å²) in [7, 11) is 0. The predicted molar refractivity (Wildman–Crippen MR) is 254 cm³/mol. The van der Waals surface area contributed by atoms with Crippen LogP contribution in [0.1, 0.15) is 79.2 Å². The lowest BCUT2D eigenvalue weighted by atomic mass is 9.62. The van der Waals surface area contributed by atoms with Crippen molar-refractivity contribution in [2.24, 2.45) is 5.92 Å². The summed E-state index contributed by atoms with van der Waals surface area (Å²) >= 11 is 0. The first-order chi connectivity index (χ1) is 30.5. The number of hydrogen-bond donors (Lipinski definition) is 0. The zero-order chi connectivity index (χ0) is 41.4. The molecule has 0 fully saturated rings. The van der Waals surface area contributed by atoms with E-state index < -0.39 is 5.41 Å². The summed E-state index contributed by atoms with van der Waals surface area (Å²) in [5.74, 6) is 1.20. The minimum atomic E-state index is -0.493. The van der Waals surface area contributed by atoms with Crippen LogP contribution in [0.2, 0.25) is 0 Å². The third kappa shape index (κ3) is 5.54. The van der Waals surface area contributed by atoms with Gasteiger partial charge in [0, 0.05) is 39.8 Å². The maximum atomic E-state index is 6.50. The number of nitrogens with zero attached hydrogens (tertiary/aromatic N) is 2. The molecule has 3 nitrogen and oxygen atoms in total. The van der Waals surface area contributed by atoms with E-state index in [1.54, 1.807) is 0 Å². The average molecular weight is 801 g/mol. The molecular weight excluding hydrogens is 753 g/mol. The van der Waals surface area contributed by atoms with Crippen molar-refractivity contribution >= 4 is 29.1 Å². The smallest absolute Gasteiger partial charge is 0.223 e. The van der Waals surface area contributed by atoms with Crippen molar-refractivity contribution in [1.82, 2.24) is 4.98 Å². The minimum absolute atomic E-state index is 0.0767. The standard InChI is InChI=1S/C59H48N2O/c1-58(2)50-27-15-12-25-46(50)48-33-31-43(37-52(48)58)61(55-29-17-14-24-45(55)39-18-6-3-7-19-39)44-32-34-49-47-26-13-16-28-51(47)59(53(49)38-44,41-22-10-5-11-23-41)42-30-35-56-54(36-42)60-57(62-56)40-20-8-4-9-21-40/h3-8,10-20,22-29,31-32,34-38,42,48H,9,21,30,33H2,1-2H3/t42-,48?,59?/m1/s1. The highest BCUT2D eigenvalue weighted by Gasteiger charge is 2.50. The highest BCUT2D eigenvalue weighted by atomic mass is 16.3. The van der Waals surface area contributed by atoms with Crippen LogP contribution >= 0.6 is 0 Å².